The van der Waals surface area contributed by atoms with E-state index in [4.69, 9.17) is 4.74 Å². The molecule has 0 aromatic heterocycles. The molecule has 0 bridgehead atoms. The van der Waals surface area contributed by atoms with Gasteiger partial charge in [-0.15, -0.1) is 0 Å². The second-order valence-electron chi connectivity index (χ2n) is 7.27. The van der Waals surface area contributed by atoms with Gasteiger partial charge in [0.25, 0.3) is 5.91 Å². The highest BCUT2D eigenvalue weighted by atomic mass is 32.2. The zero-order valence-electron chi connectivity index (χ0n) is 18.3. The average Bonchev–Trinajstić information content (AvgIpc) is 2.82. The molecule has 3 rings (SSSR count). The number of carbonyl (C=O) groups excluding carboxylic acids is 1. The molecule has 0 atom stereocenters. The van der Waals surface area contributed by atoms with E-state index in [1.165, 1.54) is 12.1 Å². The van der Waals surface area contributed by atoms with Crippen molar-refractivity contribution in [3.63, 3.8) is 0 Å². The van der Waals surface area contributed by atoms with Crippen LogP contribution in [0.5, 0.6) is 0 Å². The molecule has 0 aliphatic carbocycles. The van der Waals surface area contributed by atoms with Crippen LogP contribution in [0.4, 0.5) is 33.3 Å². The summed E-state index contributed by atoms with van der Waals surface area (Å²) in [5.74, 6) is -13.2. The summed E-state index contributed by atoms with van der Waals surface area (Å²) in [5.41, 5.74) is -1.57. The maximum absolute atomic E-state index is 14.2. The lowest BCUT2D eigenvalue weighted by Crippen LogP contribution is -2.37. The van der Waals surface area contributed by atoms with Crippen LogP contribution >= 0.6 is 0 Å². The second kappa shape index (κ2) is 10.2. The number of morpholine rings is 1. The van der Waals surface area contributed by atoms with Crippen LogP contribution in [-0.2, 0) is 14.8 Å². The third kappa shape index (κ3) is 4.72. The van der Waals surface area contributed by atoms with E-state index in [0.29, 0.717) is 32.0 Å². The van der Waals surface area contributed by atoms with E-state index in [1.54, 1.807) is 18.7 Å². The number of ether oxygens (including phenoxy) is 1. The number of hydrogen-bond acceptors (Lipinski definition) is 5. The summed E-state index contributed by atoms with van der Waals surface area (Å²) in [6.45, 7) is 4.95. The molecule has 2 aromatic carbocycles. The largest absolute Gasteiger partial charge is 0.378 e. The molecule has 1 amide bonds. The standard InChI is InChI=1S/C21H22F5N3O4S/c1-3-29(4-2)34(31,32)12-5-6-14(28-7-9-33-10-8-28)13(11-12)27-21(30)15-16(22)18(24)20(26)19(25)17(15)23/h5-6,11H,3-4,7-10H2,1-2H3,(H,27,30). The highest BCUT2D eigenvalue weighted by molar-refractivity contribution is 7.89. The van der Waals surface area contributed by atoms with Gasteiger partial charge in [-0.3, -0.25) is 4.79 Å². The van der Waals surface area contributed by atoms with Crippen LogP contribution < -0.4 is 10.2 Å². The third-order valence-corrected chi connectivity index (χ3v) is 7.39. The number of rotatable bonds is 7. The van der Waals surface area contributed by atoms with Crippen molar-refractivity contribution < 1.29 is 39.9 Å². The number of carbonyl (C=O) groups is 1. The third-order valence-electron chi connectivity index (χ3n) is 5.35. The first-order valence-electron chi connectivity index (χ1n) is 10.3. The zero-order chi connectivity index (χ0) is 25.2. The molecule has 1 saturated heterocycles. The van der Waals surface area contributed by atoms with Crippen LogP contribution in [0, 0.1) is 29.1 Å². The minimum absolute atomic E-state index is 0.163. The Labute approximate surface area is 193 Å². The molecule has 186 valence electrons. The SMILES string of the molecule is CCN(CC)S(=O)(=O)c1ccc(N2CCOCC2)c(NC(=O)c2c(F)c(F)c(F)c(F)c2F)c1. The van der Waals surface area contributed by atoms with Crippen molar-refractivity contribution in [2.45, 2.75) is 18.7 Å². The molecule has 13 heteroatoms. The van der Waals surface area contributed by atoms with Crippen molar-refractivity contribution in [3.05, 3.63) is 52.8 Å². The van der Waals surface area contributed by atoms with E-state index in [2.05, 4.69) is 5.32 Å². The first-order chi connectivity index (χ1) is 16.0. The number of halogens is 5. The monoisotopic (exact) mass is 507 g/mol. The normalized spacial score (nSPS) is 14.5. The van der Waals surface area contributed by atoms with Gasteiger partial charge >= 0.3 is 0 Å². The van der Waals surface area contributed by atoms with Gasteiger partial charge in [0.1, 0.15) is 5.56 Å². The lowest BCUT2D eigenvalue weighted by Gasteiger charge is -2.31. The smallest absolute Gasteiger partial charge is 0.261 e. The van der Waals surface area contributed by atoms with Crippen molar-refractivity contribution in [1.29, 1.82) is 0 Å². The van der Waals surface area contributed by atoms with E-state index in [0.717, 1.165) is 10.4 Å². The molecule has 0 unspecified atom stereocenters. The van der Waals surface area contributed by atoms with Gasteiger partial charge in [0.15, 0.2) is 23.3 Å². The number of hydrogen-bond donors (Lipinski definition) is 1. The van der Waals surface area contributed by atoms with Gasteiger partial charge in [-0.25, -0.2) is 30.4 Å². The van der Waals surface area contributed by atoms with Gasteiger partial charge in [0.2, 0.25) is 15.8 Å². The summed E-state index contributed by atoms with van der Waals surface area (Å²) in [4.78, 5) is 14.2. The van der Waals surface area contributed by atoms with E-state index in [9.17, 15) is 35.2 Å². The van der Waals surface area contributed by atoms with Crippen molar-refractivity contribution in [3.8, 4) is 0 Å². The Hall–Kier alpha value is -2.77. The Bertz CT molecular complexity index is 1170. The van der Waals surface area contributed by atoms with Crippen molar-refractivity contribution >= 4 is 27.3 Å². The van der Waals surface area contributed by atoms with Crippen LogP contribution in [-0.4, -0.2) is 58.0 Å². The fraction of sp³-hybridized carbons (Fsp3) is 0.381. The molecule has 2 aromatic rings. The molecule has 1 aliphatic heterocycles. The molecule has 0 spiro atoms. The summed E-state index contributed by atoms with van der Waals surface area (Å²) < 4.78 is 101. The van der Waals surface area contributed by atoms with E-state index in [-0.39, 0.29) is 23.7 Å². The number of benzene rings is 2. The van der Waals surface area contributed by atoms with Gasteiger partial charge in [0.05, 0.1) is 29.5 Å². The van der Waals surface area contributed by atoms with Crippen LogP contribution in [0.25, 0.3) is 0 Å². The number of nitrogens with one attached hydrogen (secondary N) is 1. The van der Waals surface area contributed by atoms with Crippen LogP contribution in [0.15, 0.2) is 23.1 Å². The number of amides is 1. The van der Waals surface area contributed by atoms with Crippen LogP contribution in [0.3, 0.4) is 0 Å². The Morgan fingerprint density at radius 3 is 2.03 bits per heavy atom. The summed E-state index contributed by atoms with van der Waals surface area (Å²) >= 11 is 0. The molecular formula is C21H22F5N3O4S. The van der Waals surface area contributed by atoms with Crippen LogP contribution in [0.2, 0.25) is 0 Å². The molecule has 0 radical (unpaired) electrons. The number of sulfonamides is 1. The molecule has 7 nitrogen and oxygen atoms in total. The molecule has 1 fully saturated rings. The summed E-state index contributed by atoms with van der Waals surface area (Å²) in [6, 6.07) is 3.80. The first kappa shape index (κ1) is 25.8. The molecular weight excluding hydrogens is 485 g/mol. The Morgan fingerprint density at radius 1 is 0.971 bits per heavy atom. The Balaban J connectivity index is 2.11. The van der Waals surface area contributed by atoms with Crippen molar-refractivity contribution in [2.24, 2.45) is 0 Å². The van der Waals surface area contributed by atoms with Crippen molar-refractivity contribution in [1.82, 2.24) is 4.31 Å². The van der Waals surface area contributed by atoms with Gasteiger partial charge in [-0.05, 0) is 18.2 Å². The molecule has 34 heavy (non-hydrogen) atoms. The predicted octanol–water partition coefficient (Wildman–Crippen LogP) is 3.50. The Morgan fingerprint density at radius 2 is 1.50 bits per heavy atom. The predicted molar refractivity (Wildman–Crippen MR) is 114 cm³/mol. The average molecular weight is 507 g/mol. The number of nitrogens with zero attached hydrogens (tertiary/aromatic N) is 2. The van der Waals surface area contributed by atoms with E-state index < -0.39 is 50.6 Å². The minimum atomic E-state index is -3.99. The van der Waals surface area contributed by atoms with Gasteiger partial charge in [-0.1, -0.05) is 13.8 Å². The first-order valence-corrected chi connectivity index (χ1v) is 11.8. The fourth-order valence-electron chi connectivity index (χ4n) is 3.56. The second-order valence-corrected chi connectivity index (χ2v) is 9.20. The summed E-state index contributed by atoms with van der Waals surface area (Å²) in [7, 11) is -3.99. The lowest BCUT2D eigenvalue weighted by atomic mass is 10.1. The van der Waals surface area contributed by atoms with Crippen molar-refractivity contribution in [2.75, 3.05) is 49.6 Å². The highest BCUT2D eigenvalue weighted by Gasteiger charge is 2.31. The maximum Gasteiger partial charge on any atom is 0.261 e. The lowest BCUT2D eigenvalue weighted by molar-refractivity contribution is 0.101. The summed E-state index contributed by atoms with van der Waals surface area (Å²) in [5, 5.41) is 2.13. The molecule has 1 N–H and O–H groups in total. The number of anilines is 2. The van der Waals surface area contributed by atoms with E-state index in [1.807, 2.05) is 0 Å². The van der Waals surface area contributed by atoms with Gasteiger partial charge < -0.3 is 15.0 Å². The van der Waals surface area contributed by atoms with Gasteiger partial charge in [0, 0.05) is 26.2 Å². The van der Waals surface area contributed by atoms with Gasteiger partial charge in [-0.2, -0.15) is 4.31 Å². The Kier molecular flexibility index (Phi) is 7.78. The quantitative estimate of drug-likeness (QED) is 0.353. The van der Waals surface area contributed by atoms with E-state index >= 15 is 0 Å². The molecule has 0 saturated carbocycles. The fourth-order valence-corrected chi connectivity index (χ4v) is 5.04. The minimum Gasteiger partial charge on any atom is -0.378 e. The summed E-state index contributed by atoms with van der Waals surface area (Å²) in [6.07, 6.45) is 0. The zero-order valence-corrected chi connectivity index (χ0v) is 19.1. The highest BCUT2D eigenvalue weighted by Crippen LogP contribution is 2.32. The maximum atomic E-state index is 14.2. The van der Waals surface area contributed by atoms with Crippen LogP contribution in [0.1, 0.15) is 24.2 Å². The molecule has 1 heterocycles. The topological polar surface area (TPSA) is 79.0 Å². The molecule has 1 aliphatic rings.